The number of nitro benzene ring substituents is 1. The summed E-state index contributed by atoms with van der Waals surface area (Å²) in [7, 11) is 0. The third kappa shape index (κ3) is 4.03. The topological polar surface area (TPSA) is 97.4 Å². The Morgan fingerprint density at radius 1 is 1.08 bits per heavy atom. The highest BCUT2D eigenvalue weighted by Crippen LogP contribution is 2.28. The quantitative estimate of drug-likeness (QED) is 0.526. The number of benzene rings is 2. The summed E-state index contributed by atoms with van der Waals surface area (Å²) in [6.45, 7) is 0.212. The summed E-state index contributed by atoms with van der Waals surface area (Å²) in [6, 6.07) is 16.9. The van der Waals surface area contributed by atoms with Crippen LogP contribution in [0.2, 0.25) is 0 Å². The van der Waals surface area contributed by atoms with Gasteiger partial charge in [-0.2, -0.15) is 0 Å². The van der Waals surface area contributed by atoms with E-state index >= 15 is 0 Å². The molecular weight excluding hydrogens is 322 g/mol. The van der Waals surface area contributed by atoms with Crippen molar-refractivity contribution < 1.29 is 14.1 Å². The van der Waals surface area contributed by atoms with E-state index < -0.39 is 10.8 Å². The van der Waals surface area contributed by atoms with Gasteiger partial charge in [0.15, 0.2) is 0 Å². The summed E-state index contributed by atoms with van der Waals surface area (Å²) in [4.78, 5) is 23.0. The van der Waals surface area contributed by atoms with Gasteiger partial charge in [-0.15, -0.1) is 0 Å². The van der Waals surface area contributed by atoms with Crippen molar-refractivity contribution in [2.24, 2.45) is 0 Å². The van der Waals surface area contributed by atoms with Gasteiger partial charge in [-0.3, -0.25) is 14.9 Å². The van der Waals surface area contributed by atoms with Gasteiger partial charge in [0, 0.05) is 17.3 Å². The van der Waals surface area contributed by atoms with Gasteiger partial charge in [0.1, 0.15) is 11.4 Å². The summed E-state index contributed by atoms with van der Waals surface area (Å²) in [5, 5.41) is 17.0. The molecule has 0 aliphatic rings. The molecule has 2 aromatic carbocycles. The molecule has 0 fully saturated rings. The molecule has 1 aromatic heterocycles. The zero-order chi connectivity index (χ0) is 17.6. The van der Waals surface area contributed by atoms with Gasteiger partial charge in [0.2, 0.25) is 0 Å². The van der Waals surface area contributed by atoms with Gasteiger partial charge in [-0.05, 0) is 36.4 Å². The van der Waals surface area contributed by atoms with E-state index in [0.29, 0.717) is 11.4 Å². The second kappa shape index (κ2) is 7.31. The number of amides is 1. The Bertz CT molecular complexity index is 877. The van der Waals surface area contributed by atoms with Crippen molar-refractivity contribution in [3.8, 4) is 0 Å². The maximum atomic E-state index is 12.2. The number of hydrogen-bond donors (Lipinski definition) is 2. The van der Waals surface area contributed by atoms with Crippen LogP contribution in [-0.4, -0.2) is 10.8 Å². The van der Waals surface area contributed by atoms with Gasteiger partial charge in [0.05, 0.1) is 17.7 Å². The Morgan fingerprint density at radius 3 is 2.56 bits per heavy atom. The van der Waals surface area contributed by atoms with Crippen LogP contribution in [0.15, 0.2) is 71.3 Å². The fraction of sp³-hybridized carbons (Fsp3) is 0.0556. The van der Waals surface area contributed by atoms with Gasteiger partial charge in [-0.1, -0.05) is 18.2 Å². The lowest BCUT2D eigenvalue weighted by molar-refractivity contribution is -0.383. The van der Waals surface area contributed by atoms with Crippen molar-refractivity contribution in [3.63, 3.8) is 0 Å². The number of nitrogens with one attached hydrogen (secondary N) is 2. The molecular formula is C18H15N3O4. The van der Waals surface area contributed by atoms with E-state index in [1.165, 1.54) is 24.5 Å². The monoisotopic (exact) mass is 337 g/mol. The van der Waals surface area contributed by atoms with Crippen LogP contribution in [0, 0.1) is 10.1 Å². The fourth-order valence-electron chi connectivity index (χ4n) is 2.29. The molecule has 7 nitrogen and oxygen atoms in total. The predicted octanol–water partition coefficient (Wildman–Crippen LogP) is 3.86. The van der Waals surface area contributed by atoms with E-state index in [4.69, 9.17) is 4.42 Å². The Labute approximate surface area is 143 Å². The Hall–Kier alpha value is -3.61. The van der Waals surface area contributed by atoms with Crippen molar-refractivity contribution in [1.29, 1.82) is 0 Å². The third-order valence-electron chi connectivity index (χ3n) is 3.51. The molecule has 0 unspecified atom stereocenters. The van der Waals surface area contributed by atoms with Gasteiger partial charge >= 0.3 is 0 Å². The highest BCUT2D eigenvalue weighted by molar-refractivity contribution is 5.95. The number of para-hydroxylation sites is 1. The van der Waals surface area contributed by atoms with Crippen molar-refractivity contribution in [1.82, 2.24) is 5.32 Å². The molecule has 0 saturated heterocycles. The normalized spacial score (nSPS) is 10.2. The van der Waals surface area contributed by atoms with E-state index in [-0.39, 0.29) is 17.8 Å². The van der Waals surface area contributed by atoms with Crippen molar-refractivity contribution in [2.75, 3.05) is 5.32 Å². The summed E-state index contributed by atoms with van der Waals surface area (Å²) >= 11 is 0. The lowest BCUT2D eigenvalue weighted by Gasteiger charge is -2.09. The highest BCUT2D eigenvalue weighted by Gasteiger charge is 2.18. The molecule has 1 amide bonds. The Kier molecular flexibility index (Phi) is 4.75. The lowest BCUT2D eigenvalue weighted by atomic mass is 10.1. The largest absolute Gasteiger partial charge is 0.467 e. The van der Waals surface area contributed by atoms with Crippen molar-refractivity contribution in [3.05, 3.63) is 88.4 Å². The predicted molar refractivity (Wildman–Crippen MR) is 92.7 cm³/mol. The minimum absolute atomic E-state index is 0.172. The molecule has 0 bridgehead atoms. The SMILES string of the molecule is O=C(NCc1ccco1)c1ccc(Nc2ccccc2)c([N+](=O)[O-])c1. The Morgan fingerprint density at radius 2 is 1.88 bits per heavy atom. The first-order chi connectivity index (χ1) is 12.1. The molecule has 25 heavy (non-hydrogen) atoms. The maximum Gasteiger partial charge on any atom is 0.293 e. The van der Waals surface area contributed by atoms with Crippen LogP contribution < -0.4 is 10.6 Å². The summed E-state index contributed by atoms with van der Waals surface area (Å²) in [6.07, 6.45) is 1.51. The van der Waals surface area contributed by atoms with Crippen molar-refractivity contribution >= 4 is 23.0 Å². The smallest absolute Gasteiger partial charge is 0.293 e. The molecule has 0 aliphatic carbocycles. The molecule has 2 N–H and O–H groups in total. The van der Waals surface area contributed by atoms with Crippen LogP contribution in [0.25, 0.3) is 0 Å². The van der Waals surface area contributed by atoms with E-state index in [2.05, 4.69) is 10.6 Å². The number of nitro groups is 1. The number of carbonyl (C=O) groups excluding carboxylic acids is 1. The molecule has 0 saturated carbocycles. The zero-order valence-electron chi connectivity index (χ0n) is 13.1. The van der Waals surface area contributed by atoms with Crippen LogP contribution in [0.5, 0.6) is 0 Å². The number of furan rings is 1. The zero-order valence-corrected chi connectivity index (χ0v) is 13.1. The first kappa shape index (κ1) is 16.3. The van der Waals surface area contributed by atoms with Gasteiger partial charge in [-0.25, -0.2) is 0 Å². The molecule has 0 aliphatic heterocycles. The van der Waals surface area contributed by atoms with Crippen LogP contribution in [0.3, 0.4) is 0 Å². The molecule has 1 heterocycles. The van der Waals surface area contributed by atoms with Crippen LogP contribution in [0.4, 0.5) is 17.1 Å². The van der Waals surface area contributed by atoms with E-state index in [9.17, 15) is 14.9 Å². The van der Waals surface area contributed by atoms with Crippen LogP contribution in [-0.2, 0) is 6.54 Å². The van der Waals surface area contributed by atoms with Crippen molar-refractivity contribution in [2.45, 2.75) is 6.54 Å². The minimum atomic E-state index is -0.519. The number of anilines is 2. The number of nitrogens with zero attached hydrogens (tertiary/aromatic N) is 1. The second-order valence-corrected chi connectivity index (χ2v) is 5.24. The summed E-state index contributed by atoms with van der Waals surface area (Å²) in [5.74, 6) is 0.191. The standard InChI is InChI=1S/C18H15N3O4/c22-18(19-12-15-7-4-10-25-15)13-8-9-16(17(11-13)21(23)24)20-14-5-2-1-3-6-14/h1-11,20H,12H2,(H,19,22). The van der Waals surface area contributed by atoms with Crippen LogP contribution in [0.1, 0.15) is 16.1 Å². The van der Waals surface area contributed by atoms with Gasteiger partial charge in [0.25, 0.3) is 11.6 Å². The second-order valence-electron chi connectivity index (χ2n) is 5.24. The first-order valence-electron chi connectivity index (χ1n) is 7.54. The number of carbonyl (C=O) groups is 1. The van der Waals surface area contributed by atoms with E-state index in [1.807, 2.05) is 18.2 Å². The number of hydrogen-bond acceptors (Lipinski definition) is 5. The first-order valence-corrected chi connectivity index (χ1v) is 7.54. The van der Waals surface area contributed by atoms with E-state index in [0.717, 1.165) is 5.69 Å². The molecule has 126 valence electrons. The Balaban J connectivity index is 1.78. The number of rotatable bonds is 6. The summed E-state index contributed by atoms with van der Waals surface area (Å²) < 4.78 is 5.13. The van der Waals surface area contributed by atoms with E-state index in [1.54, 1.807) is 24.3 Å². The molecule has 3 aromatic rings. The third-order valence-corrected chi connectivity index (χ3v) is 3.51. The maximum absolute atomic E-state index is 12.2. The minimum Gasteiger partial charge on any atom is -0.467 e. The highest BCUT2D eigenvalue weighted by atomic mass is 16.6. The summed E-state index contributed by atoms with van der Waals surface area (Å²) in [5.41, 5.74) is 1.07. The average Bonchev–Trinajstić information content (AvgIpc) is 3.14. The molecule has 7 heteroatoms. The lowest BCUT2D eigenvalue weighted by Crippen LogP contribution is -2.22. The molecule has 0 spiro atoms. The van der Waals surface area contributed by atoms with Gasteiger partial charge < -0.3 is 15.1 Å². The molecule has 0 atom stereocenters. The molecule has 0 radical (unpaired) electrons. The average molecular weight is 337 g/mol. The fourth-order valence-corrected chi connectivity index (χ4v) is 2.29. The molecule has 3 rings (SSSR count). The van der Waals surface area contributed by atoms with Crippen LogP contribution >= 0.6 is 0 Å².